The Morgan fingerprint density at radius 2 is 1.71 bits per heavy atom. The van der Waals surface area contributed by atoms with Crippen LogP contribution in [-0.4, -0.2) is 54.2 Å². The van der Waals surface area contributed by atoms with E-state index in [1.54, 1.807) is 0 Å². The van der Waals surface area contributed by atoms with E-state index in [4.69, 9.17) is 4.74 Å². The molecule has 2 rings (SSSR count). The van der Waals surface area contributed by atoms with Crippen molar-refractivity contribution in [1.29, 1.82) is 0 Å². The maximum Gasteiger partial charge on any atom is 0.407 e. The number of nitrogens with one attached hydrogen (secondary N) is 2. The van der Waals surface area contributed by atoms with Gasteiger partial charge in [0, 0.05) is 25.2 Å². The third-order valence-electron chi connectivity index (χ3n) is 4.38. The third kappa shape index (κ3) is 5.65. The van der Waals surface area contributed by atoms with Gasteiger partial charge in [-0.05, 0) is 65.7 Å². The smallest absolute Gasteiger partial charge is 0.407 e. The molecule has 1 saturated heterocycles. The fourth-order valence-corrected chi connectivity index (χ4v) is 3.78. The van der Waals surface area contributed by atoms with Crippen LogP contribution in [0.3, 0.4) is 0 Å². The van der Waals surface area contributed by atoms with Crippen LogP contribution in [0.4, 0.5) is 4.79 Å². The van der Waals surface area contributed by atoms with Gasteiger partial charge in [-0.25, -0.2) is 4.79 Å². The van der Waals surface area contributed by atoms with Crippen molar-refractivity contribution in [2.75, 3.05) is 26.2 Å². The lowest BCUT2D eigenvalue weighted by molar-refractivity contribution is -0.133. The van der Waals surface area contributed by atoms with Gasteiger partial charge >= 0.3 is 6.09 Å². The predicted octanol–water partition coefficient (Wildman–Crippen LogP) is 2.14. The molecule has 138 valence electrons. The molecular weight excluding hydrogens is 306 g/mol. The minimum Gasteiger partial charge on any atom is -0.444 e. The number of hydrogen-bond donors (Lipinski definition) is 2. The second-order valence-corrected chi connectivity index (χ2v) is 9.60. The van der Waals surface area contributed by atoms with Crippen molar-refractivity contribution in [1.82, 2.24) is 15.5 Å². The average molecular weight is 339 g/mol. The van der Waals surface area contributed by atoms with Crippen LogP contribution in [0.15, 0.2) is 0 Å². The van der Waals surface area contributed by atoms with Gasteiger partial charge in [0.05, 0.1) is 6.54 Å². The molecule has 1 spiro atoms. The van der Waals surface area contributed by atoms with E-state index >= 15 is 0 Å². The Morgan fingerprint density at radius 1 is 1.12 bits per heavy atom. The lowest BCUT2D eigenvalue weighted by atomic mass is 9.57. The van der Waals surface area contributed by atoms with Gasteiger partial charge in [0.15, 0.2) is 0 Å². The van der Waals surface area contributed by atoms with Crippen LogP contribution in [-0.2, 0) is 9.53 Å². The number of rotatable bonds is 4. The maximum absolute atomic E-state index is 11.9. The highest BCUT2D eigenvalue weighted by Gasteiger charge is 2.52. The number of nitrogens with zero attached hydrogens (tertiary/aromatic N) is 1. The molecule has 1 saturated carbocycles. The van der Waals surface area contributed by atoms with Crippen LogP contribution >= 0.6 is 0 Å². The number of amides is 2. The third-order valence-corrected chi connectivity index (χ3v) is 4.38. The summed E-state index contributed by atoms with van der Waals surface area (Å²) in [6.07, 6.45) is 1.91. The Labute approximate surface area is 145 Å². The van der Waals surface area contributed by atoms with Crippen LogP contribution in [0.25, 0.3) is 0 Å². The number of carbonyl (C=O) groups excluding carboxylic acids is 2. The highest BCUT2D eigenvalue weighted by Crippen LogP contribution is 2.51. The number of alkyl carbamates (subject to hydrolysis) is 1. The molecule has 2 amide bonds. The average Bonchev–Trinajstić information content (AvgIpc) is 2.23. The molecule has 0 bridgehead atoms. The van der Waals surface area contributed by atoms with Gasteiger partial charge in [-0.3, -0.25) is 9.69 Å². The number of ether oxygens (including phenoxy) is 1. The second kappa shape index (κ2) is 6.54. The number of carbonyl (C=O) groups is 2. The molecule has 2 fully saturated rings. The van der Waals surface area contributed by atoms with Gasteiger partial charge in [-0.15, -0.1) is 0 Å². The Morgan fingerprint density at radius 3 is 2.21 bits per heavy atom. The molecule has 1 aliphatic heterocycles. The van der Waals surface area contributed by atoms with E-state index in [-0.39, 0.29) is 17.5 Å². The van der Waals surface area contributed by atoms with Gasteiger partial charge in [0.1, 0.15) is 5.60 Å². The van der Waals surface area contributed by atoms with E-state index < -0.39 is 5.60 Å². The molecule has 1 aliphatic carbocycles. The van der Waals surface area contributed by atoms with Gasteiger partial charge < -0.3 is 15.4 Å². The first kappa shape index (κ1) is 19.0. The lowest BCUT2D eigenvalue weighted by Crippen LogP contribution is -2.65. The standard InChI is InChI=1S/C18H33N3O3/c1-16(2,3)20-14(22)10-21-11-18(12-21)7-13(8-18)9-19-15(23)24-17(4,5)6/h13H,7-12H2,1-6H3,(H,19,23)(H,20,22). The predicted molar refractivity (Wildman–Crippen MR) is 93.7 cm³/mol. The topological polar surface area (TPSA) is 70.7 Å². The number of hydrogen-bond acceptors (Lipinski definition) is 4. The normalized spacial score (nSPS) is 20.9. The van der Waals surface area contributed by atoms with E-state index in [9.17, 15) is 9.59 Å². The Bertz CT molecular complexity index is 477. The van der Waals surface area contributed by atoms with E-state index in [0.717, 1.165) is 25.9 Å². The molecule has 0 aromatic carbocycles. The Hall–Kier alpha value is -1.30. The van der Waals surface area contributed by atoms with E-state index in [1.165, 1.54) is 0 Å². The molecule has 0 atom stereocenters. The summed E-state index contributed by atoms with van der Waals surface area (Å²) in [5.74, 6) is 0.628. The molecule has 6 nitrogen and oxygen atoms in total. The van der Waals surface area contributed by atoms with Crippen LogP contribution in [0.2, 0.25) is 0 Å². The fraction of sp³-hybridized carbons (Fsp3) is 0.889. The summed E-state index contributed by atoms with van der Waals surface area (Å²) >= 11 is 0. The quantitative estimate of drug-likeness (QED) is 0.823. The van der Waals surface area contributed by atoms with Crippen molar-refractivity contribution in [3.05, 3.63) is 0 Å². The fourth-order valence-electron chi connectivity index (χ4n) is 3.78. The highest BCUT2D eigenvalue weighted by atomic mass is 16.6. The molecule has 0 aromatic heterocycles. The molecule has 24 heavy (non-hydrogen) atoms. The SMILES string of the molecule is CC(C)(C)NC(=O)CN1CC2(CC(CNC(=O)OC(C)(C)C)C2)C1. The van der Waals surface area contributed by atoms with Gasteiger partial charge in [-0.1, -0.05) is 0 Å². The minimum atomic E-state index is -0.451. The van der Waals surface area contributed by atoms with Crippen LogP contribution in [0.5, 0.6) is 0 Å². The zero-order chi connectivity index (χ0) is 18.2. The first-order valence-corrected chi connectivity index (χ1v) is 8.86. The van der Waals surface area contributed by atoms with Gasteiger partial charge in [0.2, 0.25) is 5.91 Å². The monoisotopic (exact) mass is 339 g/mol. The summed E-state index contributed by atoms with van der Waals surface area (Å²) in [6, 6.07) is 0. The molecule has 6 heteroatoms. The summed E-state index contributed by atoms with van der Waals surface area (Å²) in [7, 11) is 0. The Kier molecular flexibility index (Phi) is 5.19. The zero-order valence-corrected chi connectivity index (χ0v) is 16.0. The van der Waals surface area contributed by atoms with Crippen LogP contribution in [0, 0.1) is 11.3 Å². The van der Waals surface area contributed by atoms with Gasteiger partial charge in [-0.2, -0.15) is 0 Å². The molecule has 0 unspecified atom stereocenters. The van der Waals surface area contributed by atoms with Crippen LogP contribution < -0.4 is 10.6 Å². The van der Waals surface area contributed by atoms with Crippen LogP contribution in [0.1, 0.15) is 54.4 Å². The van der Waals surface area contributed by atoms with Crippen molar-refractivity contribution in [3.63, 3.8) is 0 Å². The van der Waals surface area contributed by atoms with Gasteiger partial charge in [0.25, 0.3) is 0 Å². The summed E-state index contributed by atoms with van der Waals surface area (Å²) < 4.78 is 5.25. The van der Waals surface area contributed by atoms with E-state index in [1.807, 2.05) is 41.5 Å². The largest absolute Gasteiger partial charge is 0.444 e. The highest BCUT2D eigenvalue weighted by molar-refractivity contribution is 5.78. The van der Waals surface area contributed by atoms with Crippen molar-refractivity contribution >= 4 is 12.0 Å². The van der Waals surface area contributed by atoms with E-state index in [2.05, 4.69) is 15.5 Å². The molecule has 0 aromatic rings. The van der Waals surface area contributed by atoms with Crippen molar-refractivity contribution < 1.29 is 14.3 Å². The minimum absolute atomic E-state index is 0.0971. The molecule has 1 heterocycles. The van der Waals surface area contributed by atoms with Crippen molar-refractivity contribution in [3.8, 4) is 0 Å². The summed E-state index contributed by atoms with van der Waals surface area (Å²) in [5, 5.41) is 5.86. The zero-order valence-electron chi connectivity index (χ0n) is 16.0. The first-order chi connectivity index (χ1) is 10.9. The van der Waals surface area contributed by atoms with Crippen molar-refractivity contribution in [2.24, 2.45) is 11.3 Å². The maximum atomic E-state index is 11.9. The molecule has 0 radical (unpaired) electrons. The lowest BCUT2D eigenvalue weighted by Gasteiger charge is -2.59. The summed E-state index contributed by atoms with van der Waals surface area (Å²) in [4.78, 5) is 25.8. The molecule has 2 N–H and O–H groups in total. The molecular formula is C18H33N3O3. The summed E-state index contributed by atoms with van der Waals surface area (Å²) in [5.41, 5.74) is -0.246. The summed E-state index contributed by atoms with van der Waals surface area (Å²) in [6.45, 7) is 14.7. The van der Waals surface area contributed by atoms with E-state index in [0.29, 0.717) is 24.4 Å². The first-order valence-electron chi connectivity index (χ1n) is 8.86. The van der Waals surface area contributed by atoms with Crippen molar-refractivity contribution in [2.45, 2.75) is 65.5 Å². The Balaban J connectivity index is 1.59. The second-order valence-electron chi connectivity index (χ2n) is 9.60. The molecule has 2 aliphatic rings. The number of likely N-dealkylation sites (tertiary alicyclic amines) is 1.